The Morgan fingerprint density at radius 3 is 1.97 bits per heavy atom. The molecule has 8 nitrogen and oxygen atoms in total. The summed E-state index contributed by atoms with van der Waals surface area (Å²) in [5, 5.41) is 13.5. The summed E-state index contributed by atoms with van der Waals surface area (Å²) >= 11 is 0. The van der Waals surface area contributed by atoms with Crippen LogP contribution in [0.15, 0.2) is 252 Å². The molecule has 1 aliphatic rings. The summed E-state index contributed by atoms with van der Waals surface area (Å²) in [6.45, 7) is 5.00. The average Bonchev–Trinajstić information content (AvgIpc) is 3.72. The lowest BCUT2D eigenvalue weighted by Crippen LogP contribution is -2.40. The van der Waals surface area contributed by atoms with E-state index in [-0.39, 0.29) is 5.84 Å². The number of nitrogens with two attached hydrogens (primary N) is 1. The molecule has 0 saturated heterocycles. The van der Waals surface area contributed by atoms with Crippen molar-refractivity contribution in [3.8, 4) is 16.8 Å². The molecule has 0 aliphatic carbocycles. The highest BCUT2D eigenvalue weighted by molar-refractivity contribution is 6.18. The van der Waals surface area contributed by atoms with Gasteiger partial charge in [0.05, 0.1) is 29.0 Å². The van der Waals surface area contributed by atoms with Crippen LogP contribution in [0.1, 0.15) is 33.4 Å². The van der Waals surface area contributed by atoms with Crippen molar-refractivity contribution in [2.24, 2.45) is 20.7 Å². The zero-order chi connectivity index (χ0) is 45.5. The monoisotopic (exact) mass is 866 g/mol. The number of benzene rings is 8. The van der Waals surface area contributed by atoms with Crippen LogP contribution in [0.5, 0.6) is 0 Å². The fourth-order valence-corrected chi connectivity index (χ4v) is 8.59. The molecule has 0 radical (unpaired) electrons. The summed E-state index contributed by atoms with van der Waals surface area (Å²) in [6, 6.07) is 68.9. The van der Waals surface area contributed by atoms with Gasteiger partial charge in [-0.15, -0.1) is 0 Å². The van der Waals surface area contributed by atoms with Gasteiger partial charge in [0.25, 0.3) is 0 Å². The van der Waals surface area contributed by atoms with Crippen LogP contribution in [0, 0.1) is 5.41 Å². The molecule has 0 saturated carbocycles. The third kappa shape index (κ3) is 8.62. The lowest BCUT2D eigenvalue weighted by atomic mass is 9.97. The van der Waals surface area contributed by atoms with Crippen LogP contribution < -0.4 is 16.2 Å². The van der Waals surface area contributed by atoms with E-state index in [2.05, 4.69) is 95.4 Å². The second kappa shape index (κ2) is 18.9. The SMILES string of the molecule is C=C1/C=C\C=C/N(NC(=NC(=N)c2ccccc2-c2ccccc2)c2ccccc2)c2ccc3c(c21)c1ccccc1n3-c1ccccc1CN=C(N=C(N)c1ccccc1)c1ccccc1. The fraction of sp³-hybridized carbons (Fsp3) is 0.0169. The minimum Gasteiger partial charge on any atom is -0.383 e. The van der Waals surface area contributed by atoms with Gasteiger partial charge < -0.3 is 10.3 Å². The van der Waals surface area contributed by atoms with Crippen LogP contribution in [0.3, 0.4) is 0 Å². The maximum atomic E-state index is 9.42. The van der Waals surface area contributed by atoms with Crippen molar-refractivity contribution < 1.29 is 0 Å². The third-order valence-electron chi connectivity index (χ3n) is 11.8. The van der Waals surface area contributed by atoms with Gasteiger partial charge in [-0.25, -0.2) is 9.98 Å². The van der Waals surface area contributed by atoms with E-state index in [1.807, 2.05) is 157 Å². The Labute approximate surface area is 389 Å². The van der Waals surface area contributed by atoms with E-state index >= 15 is 0 Å². The smallest absolute Gasteiger partial charge is 0.157 e. The van der Waals surface area contributed by atoms with Crippen molar-refractivity contribution in [2.45, 2.75) is 6.54 Å². The van der Waals surface area contributed by atoms with E-state index in [1.54, 1.807) is 0 Å². The average molecular weight is 867 g/mol. The first kappa shape index (κ1) is 41.8. The lowest BCUT2D eigenvalue weighted by Gasteiger charge is -2.28. The summed E-state index contributed by atoms with van der Waals surface area (Å²) in [7, 11) is 0. The number of amidine groups is 4. The highest BCUT2D eigenvalue weighted by atomic mass is 15.5. The standard InChI is InChI=1S/C59H46N8/c1-41-22-20-21-39-66(65-59(45-29-12-5-13-30-45)64-57(61)48-33-16-15-32-47(48)42-23-6-2-7-24-42)52-37-38-53-55(54(41)52)49-34-17-19-36-51(49)67(53)50-35-18-14-31-46(50)40-62-58(44-27-10-4-11-28-44)63-56(60)43-25-8-3-9-26-43/h2-39H,1,40H2,(H2,60,62,63)(H2,61,64,65)/b22-20-,39-21-. The van der Waals surface area contributed by atoms with Crippen LogP contribution in [-0.2, 0) is 6.54 Å². The third-order valence-corrected chi connectivity index (χ3v) is 11.8. The van der Waals surface area contributed by atoms with E-state index < -0.39 is 0 Å². The molecule has 9 aromatic rings. The first-order valence-corrected chi connectivity index (χ1v) is 22.1. The molecule has 2 heterocycles. The number of hydrazine groups is 1. The predicted molar refractivity (Wildman–Crippen MR) is 279 cm³/mol. The first-order valence-electron chi connectivity index (χ1n) is 22.1. The van der Waals surface area contributed by atoms with E-state index in [9.17, 15) is 5.41 Å². The highest BCUT2D eigenvalue weighted by Gasteiger charge is 2.24. The molecule has 8 aromatic carbocycles. The van der Waals surface area contributed by atoms with Crippen molar-refractivity contribution >= 4 is 56.4 Å². The number of hydrogen-bond donors (Lipinski definition) is 3. The Kier molecular flexibility index (Phi) is 11.8. The van der Waals surface area contributed by atoms with E-state index in [0.717, 1.165) is 83.3 Å². The number of para-hydroxylation sites is 2. The summed E-state index contributed by atoms with van der Waals surface area (Å²) in [4.78, 5) is 15.1. The highest BCUT2D eigenvalue weighted by Crippen LogP contribution is 2.42. The largest absolute Gasteiger partial charge is 0.383 e. The van der Waals surface area contributed by atoms with E-state index in [1.165, 1.54) is 0 Å². The topological polar surface area (TPSA) is 107 Å². The van der Waals surface area contributed by atoms with Gasteiger partial charge in [-0.3, -0.25) is 20.8 Å². The first-order chi connectivity index (χ1) is 33.0. The molecule has 0 bridgehead atoms. The molecule has 0 amide bonds. The zero-order valence-corrected chi connectivity index (χ0v) is 36.7. The van der Waals surface area contributed by atoms with Crippen molar-refractivity contribution in [2.75, 3.05) is 5.01 Å². The zero-order valence-electron chi connectivity index (χ0n) is 36.7. The Bertz CT molecular complexity index is 3440. The van der Waals surface area contributed by atoms with E-state index in [0.29, 0.717) is 24.1 Å². The number of hydrogen-bond acceptors (Lipinski definition) is 3. The van der Waals surface area contributed by atoms with Gasteiger partial charge >= 0.3 is 0 Å². The lowest BCUT2D eigenvalue weighted by molar-refractivity contribution is 0.922. The second-order valence-electron chi connectivity index (χ2n) is 16.0. The molecular weight excluding hydrogens is 821 g/mol. The summed E-state index contributed by atoms with van der Waals surface area (Å²) < 4.78 is 2.32. The van der Waals surface area contributed by atoms with Gasteiger partial charge in [0.1, 0.15) is 5.84 Å². The maximum Gasteiger partial charge on any atom is 0.157 e. The summed E-state index contributed by atoms with van der Waals surface area (Å²) in [5.74, 6) is 1.60. The molecule has 67 heavy (non-hydrogen) atoms. The van der Waals surface area contributed by atoms with Gasteiger partial charge in [0.15, 0.2) is 17.5 Å². The normalized spacial score (nSPS) is 14.1. The van der Waals surface area contributed by atoms with Crippen LogP contribution in [0.25, 0.3) is 44.2 Å². The van der Waals surface area contributed by atoms with Crippen LogP contribution >= 0.6 is 0 Å². The molecule has 4 N–H and O–H groups in total. The summed E-state index contributed by atoms with van der Waals surface area (Å²) in [6.07, 6.45) is 8.01. The molecule has 0 spiro atoms. The van der Waals surface area contributed by atoms with E-state index in [4.69, 9.17) is 20.7 Å². The Balaban J connectivity index is 1.09. The number of fused-ring (bicyclic) bond motifs is 5. The van der Waals surface area contributed by atoms with Crippen molar-refractivity contribution in [3.05, 3.63) is 271 Å². The van der Waals surface area contributed by atoms with Gasteiger partial charge in [0.2, 0.25) is 0 Å². The Hall–Kier alpha value is -9.14. The Morgan fingerprint density at radius 1 is 0.582 bits per heavy atom. The molecule has 1 aromatic heterocycles. The molecule has 322 valence electrons. The van der Waals surface area contributed by atoms with Crippen molar-refractivity contribution in [1.82, 2.24) is 9.99 Å². The molecule has 8 heteroatoms. The number of rotatable bonds is 9. The second-order valence-corrected chi connectivity index (χ2v) is 16.0. The quantitative estimate of drug-likeness (QED) is 0.0993. The molecule has 0 fully saturated rings. The van der Waals surface area contributed by atoms with Crippen molar-refractivity contribution in [1.29, 1.82) is 5.41 Å². The fourth-order valence-electron chi connectivity index (χ4n) is 8.59. The van der Waals surface area contributed by atoms with Crippen LogP contribution in [0.4, 0.5) is 5.69 Å². The number of aliphatic imine (C=N–C) groups is 3. The Morgan fingerprint density at radius 2 is 1.21 bits per heavy atom. The summed E-state index contributed by atoms with van der Waals surface area (Å²) in [5.41, 5.74) is 22.2. The van der Waals surface area contributed by atoms with Gasteiger partial charge in [-0.2, -0.15) is 0 Å². The number of anilines is 1. The maximum absolute atomic E-state index is 9.42. The molecule has 1 aliphatic heterocycles. The van der Waals surface area contributed by atoms with Crippen LogP contribution in [0.2, 0.25) is 0 Å². The molecular formula is C59H46N8. The minimum absolute atomic E-state index is 0.134. The predicted octanol–water partition coefficient (Wildman–Crippen LogP) is 12.7. The molecule has 0 atom stereocenters. The van der Waals surface area contributed by atoms with Gasteiger partial charge in [-0.1, -0.05) is 201 Å². The minimum atomic E-state index is 0.134. The number of nitrogens with one attached hydrogen (secondary N) is 2. The number of nitrogens with zero attached hydrogens (tertiary/aromatic N) is 5. The number of aromatic nitrogens is 1. The number of allylic oxidation sites excluding steroid dienone is 4. The van der Waals surface area contributed by atoms with Gasteiger partial charge in [0, 0.05) is 44.8 Å². The molecule has 0 unspecified atom stereocenters. The van der Waals surface area contributed by atoms with Crippen LogP contribution in [-0.4, -0.2) is 27.9 Å². The van der Waals surface area contributed by atoms with Gasteiger partial charge in [-0.05, 0) is 52.6 Å². The van der Waals surface area contributed by atoms with Crippen molar-refractivity contribution in [3.63, 3.8) is 0 Å². The molecule has 10 rings (SSSR count).